The van der Waals surface area contributed by atoms with Gasteiger partial charge in [-0.05, 0) is 36.4 Å². The Morgan fingerprint density at radius 3 is 2.52 bits per heavy atom. The van der Waals surface area contributed by atoms with Crippen molar-refractivity contribution in [3.05, 3.63) is 58.4 Å². The molecular formula is C16H12BrIN2S. The Hall–Kier alpha value is -0.920. The van der Waals surface area contributed by atoms with Gasteiger partial charge in [-0.25, -0.2) is 4.57 Å². The van der Waals surface area contributed by atoms with E-state index >= 15 is 0 Å². The van der Waals surface area contributed by atoms with Crippen LogP contribution in [0.1, 0.15) is 0 Å². The first-order valence-electron chi connectivity index (χ1n) is 6.38. The maximum Gasteiger partial charge on any atom is 0.346 e. The van der Waals surface area contributed by atoms with Gasteiger partial charge in [-0.3, -0.25) is 0 Å². The summed E-state index contributed by atoms with van der Waals surface area (Å²) in [6, 6.07) is 17.0. The molecule has 0 spiro atoms. The zero-order chi connectivity index (χ0) is 13.7. The van der Waals surface area contributed by atoms with Gasteiger partial charge in [0, 0.05) is 15.4 Å². The number of aromatic nitrogens is 2. The number of para-hydroxylation sites is 2. The van der Waals surface area contributed by atoms with Crippen molar-refractivity contribution in [2.75, 3.05) is 0 Å². The molecule has 0 N–H and O–H groups in total. The molecular weight excluding hydrogens is 459 g/mol. The number of rotatable bonds is 1. The summed E-state index contributed by atoms with van der Waals surface area (Å²) in [5.74, 6) is 0. The van der Waals surface area contributed by atoms with Gasteiger partial charge in [0.05, 0.1) is 7.05 Å². The first-order chi connectivity index (χ1) is 9.75. The van der Waals surface area contributed by atoms with Crippen LogP contribution >= 0.6 is 27.3 Å². The van der Waals surface area contributed by atoms with Crippen molar-refractivity contribution in [2.24, 2.45) is 7.05 Å². The summed E-state index contributed by atoms with van der Waals surface area (Å²) in [6.45, 7) is 0. The second kappa shape index (κ2) is 5.70. The highest BCUT2D eigenvalue weighted by atomic mass is 127. The van der Waals surface area contributed by atoms with Crippen LogP contribution in [0.15, 0.2) is 58.4 Å². The first kappa shape index (κ1) is 15.0. The number of halogens is 2. The van der Waals surface area contributed by atoms with Crippen LogP contribution in [0.4, 0.5) is 0 Å². The van der Waals surface area contributed by atoms with Crippen LogP contribution in [-0.4, -0.2) is 4.40 Å². The molecule has 5 heteroatoms. The third-order valence-corrected chi connectivity index (χ3v) is 5.16. The molecule has 21 heavy (non-hydrogen) atoms. The van der Waals surface area contributed by atoms with Gasteiger partial charge in [0.1, 0.15) is 0 Å². The molecule has 0 fully saturated rings. The van der Waals surface area contributed by atoms with E-state index in [0.717, 1.165) is 4.47 Å². The molecule has 0 aliphatic carbocycles. The number of aryl methyl sites for hydroxylation is 1. The first-order valence-corrected chi connectivity index (χ1v) is 8.05. The predicted octanol–water partition coefficient (Wildman–Crippen LogP) is 1.41. The van der Waals surface area contributed by atoms with Crippen LogP contribution in [0.25, 0.3) is 27.3 Å². The lowest BCUT2D eigenvalue weighted by Gasteiger charge is -1.96. The largest absolute Gasteiger partial charge is 1.00 e. The second-order valence-corrected chi connectivity index (χ2v) is 6.55. The lowest BCUT2D eigenvalue weighted by molar-refractivity contribution is -0.616. The zero-order valence-corrected chi connectivity index (χ0v) is 15.8. The van der Waals surface area contributed by atoms with Crippen molar-refractivity contribution in [1.29, 1.82) is 0 Å². The van der Waals surface area contributed by atoms with Crippen LogP contribution in [0, 0.1) is 0 Å². The quantitative estimate of drug-likeness (QED) is 0.294. The summed E-state index contributed by atoms with van der Waals surface area (Å²) < 4.78 is 5.70. The van der Waals surface area contributed by atoms with Crippen molar-refractivity contribution < 1.29 is 28.5 Å². The SMILES string of the molecule is C[n+]1c2ccccc2n2c(-c3ccc(Br)cc3)csc21.[I-]. The van der Waals surface area contributed by atoms with Crippen LogP contribution in [-0.2, 0) is 7.05 Å². The fraction of sp³-hybridized carbons (Fsp3) is 0.0625. The normalized spacial score (nSPS) is 11.0. The molecule has 2 aromatic carbocycles. The van der Waals surface area contributed by atoms with E-state index in [1.807, 2.05) is 0 Å². The summed E-state index contributed by atoms with van der Waals surface area (Å²) in [7, 11) is 2.12. The smallest absolute Gasteiger partial charge is 0.346 e. The summed E-state index contributed by atoms with van der Waals surface area (Å²) in [5.41, 5.74) is 5.00. The Bertz CT molecular complexity index is 925. The second-order valence-electron chi connectivity index (χ2n) is 4.79. The molecule has 0 aliphatic rings. The van der Waals surface area contributed by atoms with E-state index in [9.17, 15) is 0 Å². The Kier molecular flexibility index (Phi) is 4.07. The van der Waals surface area contributed by atoms with Gasteiger partial charge in [-0.2, -0.15) is 4.40 Å². The number of imidazole rings is 1. The van der Waals surface area contributed by atoms with Crippen LogP contribution < -0.4 is 28.5 Å². The van der Waals surface area contributed by atoms with E-state index in [4.69, 9.17) is 0 Å². The highest BCUT2D eigenvalue weighted by Crippen LogP contribution is 2.29. The standard InChI is InChI=1S/C16H12BrN2S.HI/c1-18-13-4-2-3-5-14(13)19-15(10-20-16(18)19)11-6-8-12(17)9-7-11;/h2-10H,1H3;1H/q+1;/p-1. The molecule has 2 aromatic heterocycles. The maximum absolute atomic E-state index is 3.49. The van der Waals surface area contributed by atoms with Crippen molar-refractivity contribution in [1.82, 2.24) is 4.40 Å². The minimum Gasteiger partial charge on any atom is -1.00 e. The highest BCUT2D eigenvalue weighted by molar-refractivity contribution is 9.10. The van der Waals surface area contributed by atoms with E-state index in [2.05, 4.69) is 85.9 Å². The number of hydrogen-bond donors (Lipinski definition) is 0. The lowest BCUT2D eigenvalue weighted by Crippen LogP contribution is -3.00. The number of thiazole rings is 1. The molecule has 2 nitrogen and oxygen atoms in total. The van der Waals surface area contributed by atoms with Gasteiger partial charge in [0.25, 0.3) is 0 Å². The van der Waals surface area contributed by atoms with Crippen molar-refractivity contribution in [3.8, 4) is 11.3 Å². The van der Waals surface area contributed by atoms with Crippen molar-refractivity contribution in [3.63, 3.8) is 0 Å². The molecule has 4 rings (SSSR count). The van der Waals surface area contributed by atoms with Gasteiger partial charge in [0.15, 0.2) is 16.7 Å². The molecule has 0 atom stereocenters. The number of nitrogens with zero attached hydrogens (tertiary/aromatic N) is 2. The van der Waals surface area contributed by atoms with Crippen molar-refractivity contribution in [2.45, 2.75) is 0 Å². The minimum absolute atomic E-state index is 0. The molecule has 0 bridgehead atoms. The molecule has 2 heterocycles. The fourth-order valence-corrected chi connectivity index (χ4v) is 3.92. The third kappa shape index (κ3) is 2.31. The molecule has 0 radical (unpaired) electrons. The van der Waals surface area contributed by atoms with Crippen LogP contribution in [0.2, 0.25) is 0 Å². The van der Waals surface area contributed by atoms with E-state index in [1.165, 1.54) is 27.3 Å². The fourth-order valence-electron chi connectivity index (χ4n) is 2.64. The number of fused-ring (bicyclic) bond motifs is 3. The van der Waals surface area contributed by atoms with E-state index < -0.39 is 0 Å². The Balaban J connectivity index is 0.00000132. The van der Waals surface area contributed by atoms with Crippen LogP contribution in [0.3, 0.4) is 0 Å². The molecule has 0 amide bonds. The predicted molar refractivity (Wildman–Crippen MR) is 87.1 cm³/mol. The zero-order valence-electron chi connectivity index (χ0n) is 11.3. The van der Waals surface area contributed by atoms with Gasteiger partial charge in [0.2, 0.25) is 0 Å². The Labute approximate surface area is 152 Å². The lowest BCUT2D eigenvalue weighted by atomic mass is 10.2. The molecule has 0 unspecified atom stereocenters. The van der Waals surface area contributed by atoms with Crippen molar-refractivity contribution >= 4 is 43.3 Å². The maximum atomic E-state index is 3.49. The van der Waals surface area contributed by atoms with E-state index in [0.29, 0.717) is 0 Å². The van der Waals surface area contributed by atoms with Gasteiger partial charge >= 0.3 is 4.96 Å². The minimum atomic E-state index is 0. The van der Waals surface area contributed by atoms with E-state index in [1.54, 1.807) is 11.3 Å². The van der Waals surface area contributed by atoms with Crippen LogP contribution in [0.5, 0.6) is 0 Å². The number of hydrogen-bond acceptors (Lipinski definition) is 1. The van der Waals surface area contributed by atoms with Gasteiger partial charge < -0.3 is 24.0 Å². The monoisotopic (exact) mass is 470 g/mol. The number of benzene rings is 2. The average Bonchev–Trinajstić information content (AvgIpc) is 3.02. The molecule has 0 saturated heterocycles. The van der Waals surface area contributed by atoms with Gasteiger partial charge in [-0.1, -0.05) is 39.4 Å². The summed E-state index contributed by atoms with van der Waals surface area (Å²) >= 11 is 5.27. The molecule has 0 aliphatic heterocycles. The highest BCUT2D eigenvalue weighted by Gasteiger charge is 2.22. The topological polar surface area (TPSA) is 8.29 Å². The summed E-state index contributed by atoms with van der Waals surface area (Å²) in [5, 5.41) is 2.23. The summed E-state index contributed by atoms with van der Waals surface area (Å²) in [6.07, 6.45) is 0. The van der Waals surface area contributed by atoms with Gasteiger partial charge in [-0.15, -0.1) is 0 Å². The third-order valence-electron chi connectivity index (χ3n) is 3.62. The Morgan fingerprint density at radius 2 is 1.76 bits per heavy atom. The average molecular weight is 471 g/mol. The van der Waals surface area contributed by atoms with E-state index in [-0.39, 0.29) is 24.0 Å². The summed E-state index contributed by atoms with van der Waals surface area (Å²) in [4.78, 5) is 1.25. The molecule has 0 saturated carbocycles. The molecule has 106 valence electrons. The Morgan fingerprint density at radius 1 is 1.05 bits per heavy atom. The molecule has 4 aromatic rings.